The largest absolute Gasteiger partial charge is 0.508 e. The van der Waals surface area contributed by atoms with Crippen molar-refractivity contribution in [2.75, 3.05) is 0 Å². The topological polar surface area (TPSA) is 73.1 Å². The van der Waals surface area contributed by atoms with Gasteiger partial charge >= 0.3 is 0 Å². The predicted molar refractivity (Wildman–Crippen MR) is 94.2 cm³/mol. The fourth-order valence-corrected chi connectivity index (χ4v) is 2.55. The van der Waals surface area contributed by atoms with Crippen LogP contribution in [0.3, 0.4) is 0 Å². The minimum Gasteiger partial charge on any atom is -0.508 e. The summed E-state index contributed by atoms with van der Waals surface area (Å²) in [6.07, 6.45) is 1.50. The molecule has 24 heavy (non-hydrogen) atoms. The highest BCUT2D eigenvalue weighted by molar-refractivity contribution is 6.01. The first kappa shape index (κ1) is 17.3. The van der Waals surface area contributed by atoms with Crippen LogP contribution in [-0.4, -0.2) is 11.0 Å². The molecular formula is C20H20N2O2. The summed E-state index contributed by atoms with van der Waals surface area (Å²) in [5.41, 5.74) is 4.00. The van der Waals surface area contributed by atoms with Crippen LogP contribution in [0.1, 0.15) is 35.2 Å². The van der Waals surface area contributed by atoms with Crippen LogP contribution in [0.2, 0.25) is 0 Å². The summed E-state index contributed by atoms with van der Waals surface area (Å²) in [6.45, 7) is 5.92. The SMILES string of the molecule is Cc1ccc(C(C)NC(=O)/C(C#N)=C/c2ccc(O)cc2)c(C)c1. The number of hydrogen-bond donors (Lipinski definition) is 2. The van der Waals surface area contributed by atoms with Crippen molar-refractivity contribution in [1.29, 1.82) is 5.26 Å². The summed E-state index contributed by atoms with van der Waals surface area (Å²) >= 11 is 0. The lowest BCUT2D eigenvalue weighted by molar-refractivity contribution is -0.117. The zero-order valence-corrected chi connectivity index (χ0v) is 14.0. The van der Waals surface area contributed by atoms with Gasteiger partial charge in [0.2, 0.25) is 0 Å². The van der Waals surface area contributed by atoms with Crippen LogP contribution in [0.15, 0.2) is 48.0 Å². The Labute approximate surface area is 142 Å². The second-order valence-corrected chi connectivity index (χ2v) is 5.82. The Morgan fingerprint density at radius 1 is 1.21 bits per heavy atom. The van der Waals surface area contributed by atoms with Crippen molar-refractivity contribution in [3.8, 4) is 11.8 Å². The number of hydrogen-bond acceptors (Lipinski definition) is 3. The van der Waals surface area contributed by atoms with E-state index in [1.165, 1.54) is 23.8 Å². The maximum atomic E-state index is 12.4. The number of rotatable bonds is 4. The average molecular weight is 320 g/mol. The Morgan fingerprint density at radius 2 is 1.88 bits per heavy atom. The number of nitrogens with one attached hydrogen (secondary N) is 1. The fourth-order valence-electron chi connectivity index (χ4n) is 2.55. The quantitative estimate of drug-likeness (QED) is 0.665. The molecule has 0 radical (unpaired) electrons. The van der Waals surface area contributed by atoms with Crippen LogP contribution in [0, 0.1) is 25.2 Å². The van der Waals surface area contributed by atoms with Crippen molar-refractivity contribution in [2.45, 2.75) is 26.8 Å². The van der Waals surface area contributed by atoms with Gasteiger partial charge in [0.05, 0.1) is 6.04 Å². The van der Waals surface area contributed by atoms with Crippen molar-refractivity contribution in [1.82, 2.24) is 5.32 Å². The Bertz CT molecular complexity index is 815. The zero-order valence-electron chi connectivity index (χ0n) is 14.0. The van der Waals surface area contributed by atoms with E-state index in [-0.39, 0.29) is 17.4 Å². The molecule has 4 heteroatoms. The average Bonchev–Trinajstić information content (AvgIpc) is 2.54. The van der Waals surface area contributed by atoms with E-state index >= 15 is 0 Å². The standard InChI is InChI=1S/C20H20N2O2/c1-13-4-9-19(14(2)10-13)15(3)22-20(24)17(12-21)11-16-5-7-18(23)8-6-16/h4-11,15,23H,1-3H3,(H,22,24)/b17-11+. The molecule has 0 saturated heterocycles. The lowest BCUT2D eigenvalue weighted by Gasteiger charge is -2.17. The minimum absolute atomic E-state index is 0.0253. The van der Waals surface area contributed by atoms with Gasteiger partial charge in [-0.2, -0.15) is 5.26 Å². The molecule has 0 saturated carbocycles. The molecule has 2 rings (SSSR count). The molecule has 0 aliphatic carbocycles. The van der Waals surface area contributed by atoms with Crippen LogP contribution in [0.4, 0.5) is 0 Å². The van der Waals surface area contributed by atoms with Gasteiger partial charge in [0, 0.05) is 0 Å². The van der Waals surface area contributed by atoms with E-state index in [4.69, 9.17) is 0 Å². The first-order chi connectivity index (χ1) is 11.4. The molecule has 0 bridgehead atoms. The fraction of sp³-hybridized carbons (Fsp3) is 0.200. The highest BCUT2D eigenvalue weighted by Gasteiger charge is 2.15. The van der Waals surface area contributed by atoms with Gasteiger partial charge < -0.3 is 10.4 Å². The van der Waals surface area contributed by atoms with Crippen LogP contribution in [-0.2, 0) is 4.79 Å². The molecule has 0 fully saturated rings. The van der Waals surface area contributed by atoms with Crippen molar-refractivity contribution in [2.24, 2.45) is 0 Å². The second-order valence-electron chi connectivity index (χ2n) is 5.82. The van der Waals surface area contributed by atoms with Crippen LogP contribution in [0.25, 0.3) is 6.08 Å². The highest BCUT2D eigenvalue weighted by Crippen LogP contribution is 2.19. The van der Waals surface area contributed by atoms with E-state index in [9.17, 15) is 15.2 Å². The summed E-state index contributed by atoms with van der Waals surface area (Å²) in [5.74, 6) is -0.281. The van der Waals surface area contributed by atoms with E-state index in [0.717, 1.165) is 11.1 Å². The van der Waals surface area contributed by atoms with E-state index in [2.05, 4.69) is 11.4 Å². The van der Waals surface area contributed by atoms with Crippen molar-refractivity contribution in [3.63, 3.8) is 0 Å². The Morgan fingerprint density at radius 3 is 2.46 bits per heavy atom. The molecule has 1 unspecified atom stereocenters. The molecule has 1 atom stereocenters. The second kappa shape index (κ2) is 7.47. The van der Waals surface area contributed by atoms with Gasteiger partial charge in [-0.25, -0.2) is 0 Å². The summed E-state index contributed by atoms with van der Waals surface area (Å²) in [5, 5.41) is 21.4. The number of nitrogens with zero attached hydrogens (tertiary/aromatic N) is 1. The van der Waals surface area contributed by atoms with Gasteiger partial charge in [-0.3, -0.25) is 4.79 Å². The van der Waals surface area contributed by atoms with Gasteiger partial charge in [-0.1, -0.05) is 35.9 Å². The van der Waals surface area contributed by atoms with E-state index in [0.29, 0.717) is 5.56 Å². The summed E-state index contributed by atoms with van der Waals surface area (Å²) < 4.78 is 0. The molecule has 0 aromatic heterocycles. The van der Waals surface area contributed by atoms with Gasteiger partial charge in [0.15, 0.2) is 0 Å². The number of nitriles is 1. The predicted octanol–water partition coefficient (Wildman–Crippen LogP) is 3.79. The summed E-state index contributed by atoms with van der Waals surface area (Å²) in [4.78, 5) is 12.4. The summed E-state index contributed by atoms with van der Waals surface area (Å²) in [6, 6.07) is 14.1. The summed E-state index contributed by atoms with van der Waals surface area (Å²) in [7, 11) is 0. The molecule has 1 amide bonds. The number of carbonyl (C=O) groups excluding carboxylic acids is 1. The molecule has 122 valence electrons. The smallest absolute Gasteiger partial charge is 0.262 e. The number of benzene rings is 2. The van der Waals surface area contributed by atoms with E-state index in [1.807, 2.05) is 39.0 Å². The van der Waals surface area contributed by atoms with Crippen LogP contribution < -0.4 is 5.32 Å². The molecule has 0 aliphatic rings. The third-order valence-corrected chi connectivity index (χ3v) is 3.81. The third kappa shape index (κ3) is 4.23. The van der Waals surface area contributed by atoms with Crippen molar-refractivity contribution >= 4 is 12.0 Å². The van der Waals surface area contributed by atoms with Crippen LogP contribution in [0.5, 0.6) is 5.75 Å². The lowest BCUT2D eigenvalue weighted by atomic mass is 10.00. The number of carbonyl (C=O) groups is 1. The molecule has 0 spiro atoms. The normalized spacial score (nSPS) is 12.3. The van der Waals surface area contributed by atoms with Gasteiger partial charge in [-0.05, 0) is 55.7 Å². The third-order valence-electron chi connectivity index (χ3n) is 3.81. The molecular weight excluding hydrogens is 300 g/mol. The number of phenols is 1. The Hall–Kier alpha value is -3.06. The molecule has 2 aromatic carbocycles. The maximum Gasteiger partial charge on any atom is 0.262 e. The molecule has 2 N–H and O–H groups in total. The molecule has 0 heterocycles. The number of aryl methyl sites for hydroxylation is 2. The molecule has 4 nitrogen and oxygen atoms in total. The number of aromatic hydroxyl groups is 1. The number of phenolic OH excluding ortho intramolecular Hbond substituents is 1. The first-order valence-electron chi connectivity index (χ1n) is 7.69. The van der Waals surface area contributed by atoms with Gasteiger partial charge in [-0.15, -0.1) is 0 Å². The van der Waals surface area contributed by atoms with E-state index < -0.39 is 5.91 Å². The van der Waals surface area contributed by atoms with Crippen molar-refractivity contribution < 1.29 is 9.90 Å². The van der Waals surface area contributed by atoms with Gasteiger partial charge in [0.25, 0.3) is 5.91 Å². The Kier molecular flexibility index (Phi) is 5.39. The zero-order chi connectivity index (χ0) is 17.7. The number of amides is 1. The molecule has 2 aromatic rings. The minimum atomic E-state index is -0.418. The monoisotopic (exact) mass is 320 g/mol. The Balaban J connectivity index is 2.17. The van der Waals surface area contributed by atoms with Crippen LogP contribution >= 0.6 is 0 Å². The highest BCUT2D eigenvalue weighted by atomic mass is 16.3. The molecule has 0 aliphatic heterocycles. The maximum absolute atomic E-state index is 12.4. The van der Waals surface area contributed by atoms with E-state index in [1.54, 1.807) is 12.1 Å². The van der Waals surface area contributed by atoms with Gasteiger partial charge in [0.1, 0.15) is 17.4 Å². The first-order valence-corrected chi connectivity index (χ1v) is 7.69. The lowest BCUT2D eigenvalue weighted by Crippen LogP contribution is -2.28. The van der Waals surface area contributed by atoms with Crippen molar-refractivity contribution in [3.05, 3.63) is 70.3 Å².